The minimum atomic E-state index is -0.271. The summed E-state index contributed by atoms with van der Waals surface area (Å²) < 4.78 is 13.8. The fourth-order valence-electron chi connectivity index (χ4n) is 4.75. The Morgan fingerprint density at radius 1 is 1.23 bits per heavy atom. The SMILES string of the molecule is O=C1CCCCCN1CC(=O)N1C[C@@H]2CNC[C@@H]2[C@H]1c1cccc(F)c1. The summed E-state index contributed by atoms with van der Waals surface area (Å²) in [4.78, 5) is 28.9. The van der Waals surface area contributed by atoms with Gasteiger partial charge in [0.25, 0.3) is 0 Å². The molecule has 1 N–H and O–H groups in total. The van der Waals surface area contributed by atoms with E-state index in [1.807, 2.05) is 11.0 Å². The van der Waals surface area contributed by atoms with Crippen molar-refractivity contribution in [1.29, 1.82) is 0 Å². The van der Waals surface area contributed by atoms with Gasteiger partial charge >= 0.3 is 0 Å². The normalized spacial score (nSPS) is 29.0. The number of amides is 2. The van der Waals surface area contributed by atoms with Gasteiger partial charge in [0.15, 0.2) is 0 Å². The first-order valence-electron chi connectivity index (χ1n) is 9.67. The van der Waals surface area contributed by atoms with Crippen molar-refractivity contribution in [2.24, 2.45) is 11.8 Å². The molecule has 3 aliphatic heterocycles. The second kappa shape index (κ2) is 7.35. The van der Waals surface area contributed by atoms with Gasteiger partial charge in [-0.2, -0.15) is 0 Å². The highest BCUT2D eigenvalue weighted by atomic mass is 19.1. The Morgan fingerprint density at radius 2 is 2.12 bits per heavy atom. The summed E-state index contributed by atoms with van der Waals surface area (Å²) in [6.45, 7) is 3.23. The Balaban J connectivity index is 1.55. The zero-order valence-corrected chi connectivity index (χ0v) is 15.0. The van der Waals surface area contributed by atoms with Gasteiger partial charge < -0.3 is 15.1 Å². The second-order valence-corrected chi connectivity index (χ2v) is 7.75. The molecule has 0 aliphatic carbocycles. The molecule has 6 heteroatoms. The quantitative estimate of drug-likeness (QED) is 0.897. The van der Waals surface area contributed by atoms with Crippen molar-refractivity contribution >= 4 is 11.8 Å². The van der Waals surface area contributed by atoms with Crippen LogP contribution in [0.2, 0.25) is 0 Å². The number of halogens is 1. The lowest BCUT2D eigenvalue weighted by atomic mass is 9.89. The highest BCUT2D eigenvalue weighted by Gasteiger charge is 2.47. The Morgan fingerprint density at radius 3 is 2.96 bits per heavy atom. The van der Waals surface area contributed by atoms with Gasteiger partial charge in [-0.25, -0.2) is 4.39 Å². The maximum atomic E-state index is 13.8. The lowest BCUT2D eigenvalue weighted by molar-refractivity contribution is -0.141. The average molecular weight is 359 g/mol. The monoisotopic (exact) mass is 359 g/mol. The van der Waals surface area contributed by atoms with Crippen LogP contribution in [-0.2, 0) is 9.59 Å². The van der Waals surface area contributed by atoms with Crippen molar-refractivity contribution in [1.82, 2.24) is 15.1 Å². The van der Waals surface area contributed by atoms with Crippen LogP contribution in [0.5, 0.6) is 0 Å². The molecule has 5 nitrogen and oxygen atoms in total. The van der Waals surface area contributed by atoms with Crippen LogP contribution in [-0.4, -0.2) is 54.3 Å². The number of nitrogens with zero attached hydrogens (tertiary/aromatic N) is 2. The zero-order valence-electron chi connectivity index (χ0n) is 15.0. The number of fused-ring (bicyclic) bond motifs is 1. The predicted octanol–water partition coefficient (Wildman–Crippen LogP) is 1.95. The van der Waals surface area contributed by atoms with Crippen LogP contribution in [0.25, 0.3) is 0 Å². The maximum absolute atomic E-state index is 13.8. The van der Waals surface area contributed by atoms with Crippen molar-refractivity contribution in [3.8, 4) is 0 Å². The Hall–Kier alpha value is -1.95. The standard InChI is InChI=1S/C20H26FN3O2/c21-16-6-4-5-14(9-16)20-17-11-22-10-15(17)12-24(20)19(26)13-23-8-3-1-2-7-18(23)25/h4-6,9,15,17,20,22H,1-3,7-8,10-13H2/t15-,17-,20+/m0/s1. The highest BCUT2D eigenvalue weighted by Crippen LogP contribution is 2.42. The van der Waals surface area contributed by atoms with Gasteiger partial charge in [-0.05, 0) is 36.5 Å². The van der Waals surface area contributed by atoms with Gasteiger partial charge in [0.1, 0.15) is 5.82 Å². The first-order valence-corrected chi connectivity index (χ1v) is 9.67. The number of carbonyl (C=O) groups excluding carboxylic acids is 2. The molecule has 3 fully saturated rings. The number of rotatable bonds is 3. The van der Waals surface area contributed by atoms with Crippen LogP contribution in [0.4, 0.5) is 4.39 Å². The molecule has 3 saturated heterocycles. The van der Waals surface area contributed by atoms with Crippen molar-refractivity contribution in [2.75, 3.05) is 32.7 Å². The molecular formula is C20H26FN3O2. The van der Waals surface area contributed by atoms with E-state index in [0.29, 0.717) is 31.3 Å². The van der Waals surface area contributed by atoms with E-state index in [1.54, 1.807) is 17.0 Å². The fraction of sp³-hybridized carbons (Fsp3) is 0.600. The lowest BCUT2D eigenvalue weighted by Crippen LogP contribution is -2.43. The summed E-state index contributed by atoms with van der Waals surface area (Å²) in [5.41, 5.74) is 0.858. The molecule has 1 aromatic carbocycles. The van der Waals surface area contributed by atoms with Gasteiger partial charge in [0, 0.05) is 38.5 Å². The molecule has 140 valence electrons. The van der Waals surface area contributed by atoms with Crippen molar-refractivity contribution in [2.45, 2.75) is 31.7 Å². The molecule has 0 saturated carbocycles. The van der Waals surface area contributed by atoms with Crippen LogP contribution in [0.3, 0.4) is 0 Å². The molecule has 2 amide bonds. The smallest absolute Gasteiger partial charge is 0.242 e. The third-order valence-corrected chi connectivity index (χ3v) is 6.07. The Bertz CT molecular complexity index is 695. The number of carbonyl (C=O) groups is 2. The molecule has 26 heavy (non-hydrogen) atoms. The van der Waals surface area contributed by atoms with Crippen LogP contribution >= 0.6 is 0 Å². The van der Waals surface area contributed by atoms with E-state index in [4.69, 9.17) is 0 Å². The number of nitrogens with one attached hydrogen (secondary N) is 1. The van der Waals surface area contributed by atoms with Gasteiger partial charge in [0.2, 0.25) is 11.8 Å². The molecule has 3 atom stereocenters. The zero-order chi connectivity index (χ0) is 18.1. The molecular weight excluding hydrogens is 333 g/mol. The topological polar surface area (TPSA) is 52.7 Å². The van der Waals surface area contributed by atoms with Gasteiger partial charge in [-0.3, -0.25) is 9.59 Å². The van der Waals surface area contributed by atoms with E-state index in [1.165, 1.54) is 6.07 Å². The summed E-state index contributed by atoms with van der Waals surface area (Å²) >= 11 is 0. The summed E-state index contributed by atoms with van der Waals surface area (Å²) in [5, 5.41) is 3.40. The Labute approximate surface area is 153 Å². The summed E-state index contributed by atoms with van der Waals surface area (Å²) in [6.07, 6.45) is 3.45. The first kappa shape index (κ1) is 17.5. The van der Waals surface area contributed by atoms with Crippen molar-refractivity contribution in [3.63, 3.8) is 0 Å². The molecule has 3 aliphatic rings. The molecule has 1 aromatic rings. The number of likely N-dealkylation sites (tertiary alicyclic amines) is 2. The third kappa shape index (κ3) is 3.34. The molecule has 0 aromatic heterocycles. The van der Waals surface area contributed by atoms with Gasteiger partial charge in [-0.15, -0.1) is 0 Å². The predicted molar refractivity (Wildman–Crippen MR) is 95.8 cm³/mol. The van der Waals surface area contributed by atoms with Crippen LogP contribution in [0.1, 0.15) is 37.3 Å². The lowest BCUT2D eigenvalue weighted by Gasteiger charge is -2.31. The number of benzene rings is 1. The van der Waals surface area contributed by atoms with Gasteiger partial charge in [0.05, 0.1) is 12.6 Å². The molecule has 4 rings (SSSR count). The minimum absolute atomic E-state index is 0.0103. The summed E-state index contributed by atoms with van der Waals surface area (Å²) in [7, 11) is 0. The Kier molecular flexibility index (Phi) is 4.94. The molecule has 0 spiro atoms. The van der Waals surface area contributed by atoms with E-state index in [-0.39, 0.29) is 30.2 Å². The van der Waals surface area contributed by atoms with Crippen molar-refractivity contribution in [3.05, 3.63) is 35.6 Å². The number of hydrogen-bond donors (Lipinski definition) is 1. The van der Waals surface area contributed by atoms with Gasteiger partial charge in [-0.1, -0.05) is 18.6 Å². The average Bonchev–Trinajstić information content (AvgIpc) is 3.15. The molecule has 3 heterocycles. The fourth-order valence-corrected chi connectivity index (χ4v) is 4.75. The second-order valence-electron chi connectivity index (χ2n) is 7.75. The van der Waals surface area contributed by atoms with E-state index in [2.05, 4.69) is 5.32 Å². The molecule has 0 unspecified atom stereocenters. The van der Waals surface area contributed by atoms with Crippen LogP contribution < -0.4 is 5.32 Å². The summed E-state index contributed by atoms with van der Waals surface area (Å²) in [5.74, 6) is 0.503. The van der Waals surface area contributed by atoms with E-state index in [0.717, 1.165) is 37.9 Å². The third-order valence-electron chi connectivity index (χ3n) is 6.07. The first-order chi connectivity index (χ1) is 12.6. The molecule has 0 bridgehead atoms. The maximum Gasteiger partial charge on any atom is 0.242 e. The van der Waals surface area contributed by atoms with E-state index < -0.39 is 0 Å². The van der Waals surface area contributed by atoms with Crippen LogP contribution in [0, 0.1) is 17.7 Å². The highest BCUT2D eigenvalue weighted by molar-refractivity contribution is 5.85. The van der Waals surface area contributed by atoms with Crippen molar-refractivity contribution < 1.29 is 14.0 Å². The molecule has 0 radical (unpaired) electrons. The van der Waals surface area contributed by atoms with E-state index in [9.17, 15) is 14.0 Å². The summed E-state index contributed by atoms with van der Waals surface area (Å²) in [6, 6.07) is 6.49. The van der Waals surface area contributed by atoms with Crippen LogP contribution in [0.15, 0.2) is 24.3 Å². The van der Waals surface area contributed by atoms with E-state index >= 15 is 0 Å². The largest absolute Gasteiger partial charge is 0.333 e. The minimum Gasteiger partial charge on any atom is -0.333 e. The number of hydrogen-bond acceptors (Lipinski definition) is 3.